The lowest BCUT2D eigenvalue weighted by Crippen LogP contribution is -2.60. The average Bonchev–Trinajstić information content (AvgIpc) is 3.02. The van der Waals surface area contributed by atoms with E-state index in [-0.39, 0.29) is 0 Å². The summed E-state index contributed by atoms with van der Waals surface area (Å²) in [6.45, 7) is 5.61. The van der Waals surface area contributed by atoms with Crippen molar-refractivity contribution in [2.75, 3.05) is 10.6 Å². The van der Waals surface area contributed by atoms with Crippen LogP contribution in [-0.4, -0.2) is 42.6 Å². The van der Waals surface area contributed by atoms with Crippen molar-refractivity contribution in [3.63, 3.8) is 0 Å². The molecule has 1 fully saturated rings. The lowest BCUT2D eigenvalue weighted by molar-refractivity contribution is -0.120. The molecule has 1 aliphatic rings. The molecule has 0 aromatic heterocycles. The van der Waals surface area contributed by atoms with Crippen molar-refractivity contribution in [1.82, 2.24) is 15.5 Å². The van der Waals surface area contributed by atoms with Crippen molar-refractivity contribution < 1.29 is 14.8 Å². The lowest BCUT2D eigenvalue weighted by Gasteiger charge is -2.36. The van der Waals surface area contributed by atoms with Crippen LogP contribution in [0.1, 0.15) is 19.4 Å². The number of aryl methyl sites for hydroxylation is 1. The van der Waals surface area contributed by atoms with Gasteiger partial charge in [0.2, 0.25) is 0 Å². The Kier molecular flexibility index (Phi) is 6.65. The Balaban J connectivity index is 1.51. The molecule has 0 saturated carbocycles. The number of carbonyl (C=O) groups is 2. The highest BCUT2D eigenvalue weighted by atomic mass is 32.2. The highest BCUT2D eigenvalue weighted by Gasteiger charge is 2.50. The van der Waals surface area contributed by atoms with Gasteiger partial charge in [0, 0.05) is 11.1 Å². The summed E-state index contributed by atoms with van der Waals surface area (Å²) in [5, 5.41) is 20.1. The maximum Gasteiger partial charge on any atom is 0.347 e. The van der Waals surface area contributed by atoms with Crippen LogP contribution in [0.2, 0.25) is 0 Å². The molecule has 1 unspecified atom stereocenters. The van der Waals surface area contributed by atoms with E-state index in [2.05, 4.69) is 16.1 Å². The molecule has 4 rings (SSSR count). The van der Waals surface area contributed by atoms with Crippen molar-refractivity contribution in [2.24, 2.45) is 0 Å². The zero-order valence-corrected chi connectivity index (χ0v) is 20.5. The number of nitrogens with one attached hydrogen (secondary N) is 3. The Bertz CT molecular complexity index is 1240. The van der Waals surface area contributed by atoms with Gasteiger partial charge in [-0.3, -0.25) is 5.21 Å². The van der Waals surface area contributed by atoms with Crippen LogP contribution < -0.4 is 16.1 Å². The number of nitrogens with zero attached hydrogens (tertiary/aromatic N) is 2. The number of hydrogen-bond acceptors (Lipinski definition) is 5. The molecule has 0 radical (unpaired) electrons. The number of thioether (sulfide) groups is 1. The van der Waals surface area contributed by atoms with Crippen LogP contribution in [0.5, 0.6) is 0 Å². The standard InChI is InChI=1S/C24H25N5O3S2/c1-15-11-13-17(14-12-15)25-22(31)29(32)20-24(2,3)34-23(33)28(20)27-21(30)26-19-10-6-8-16-7-4-5-9-18(16)19/h4-14,20,32H,1-3H3,(H,25,31)(H2,26,27,30). The van der Waals surface area contributed by atoms with E-state index in [0.717, 1.165) is 16.3 Å². The Morgan fingerprint density at radius 3 is 2.44 bits per heavy atom. The third kappa shape index (κ3) is 4.93. The molecule has 10 heteroatoms. The van der Waals surface area contributed by atoms with Crippen LogP contribution in [0.4, 0.5) is 21.0 Å². The minimum Gasteiger partial charge on any atom is -0.306 e. The first-order valence-electron chi connectivity index (χ1n) is 10.6. The molecule has 0 aliphatic carbocycles. The van der Waals surface area contributed by atoms with Crippen molar-refractivity contribution in [1.29, 1.82) is 0 Å². The highest BCUT2D eigenvalue weighted by molar-refractivity contribution is 8.24. The van der Waals surface area contributed by atoms with E-state index in [1.54, 1.807) is 18.2 Å². The summed E-state index contributed by atoms with van der Waals surface area (Å²) in [7, 11) is 0. The molecular weight excluding hydrogens is 470 g/mol. The number of benzene rings is 3. The van der Waals surface area contributed by atoms with Crippen molar-refractivity contribution in [3.05, 3.63) is 72.3 Å². The Labute approximate surface area is 207 Å². The largest absolute Gasteiger partial charge is 0.347 e. The van der Waals surface area contributed by atoms with Crippen molar-refractivity contribution >= 4 is 62.5 Å². The molecule has 0 spiro atoms. The van der Waals surface area contributed by atoms with E-state index in [1.807, 2.05) is 69.3 Å². The molecule has 1 saturated heterocycles. The zero-order chi connectivity index (χ0) is 24.5. The van der Waals surface area contributed by atoms with E-state index < -0.39 is 23.0 Å². The molecule has 1 atom stereocenters. The monoisotopic (exact) mass is 495 g/mol. The molecule has 1 heterocycles. The summed E-state index contributed by atoms with van der Waals surface area (Å²) < 4.78 is -0.381. The fourth-order valence-electron chi connectivity index (χ4n) is 3.77. The summed E-state index contributed by atoms with van der Waals surface area (Å²) in [6.07, 6.45) is -0.950. The van der Waals surface area contributed by atoms with Gasteiger partial charge in [-0.1, -0.05) is 78.1 Å². The second-order valence-corrected chi connectivity index (χ2v) is 10.7. The Morgan fingerprint density at radius 2 is 1.71 bits per heavy atom. The third-order valence-corrected chi connectivity index (χ3v) is 6.97. The number of urea groups is 2. The highest BCUT2D eigenvalue weighted by Crippen LogP contribution is 2.41. The maximum absolute atomic E-state index is 12.9. The quantitative estimate of drug-likeness (QED) is 0.215. The predicted molar refractivity (Wildman–Crippen MR) is 140 cm³/mol. The number of hydrogen-bond donors (Lipinski definition) is 4. The molecule has 34 heavy (non-hydrogen) atoms. The first-order valence-corrected chi connectivity index (χ1v) is 11.8. The van der Waals surface area contributed by atoms with E-state index in [4.69, 9.17) is 12.2 Å². The fraction of sp³-hybridized carbons (Fsp3) is 0.208. The average molecular weight is 496 g/mol. The van der Waals surface area contributed by atoms with Gasteiger partial charge in [0.1, 0.15) is 0 Å². The molecule has 3 aromatic carbocycles. The summed E-state index contributed by atoms with van der Waals surface area (Å²) in [4.78, 5) is 25.7. The molecule has 3 aromatic rings. The van der Waals surface area contributed by atoms with Crippen LogP contribution in [0, 0.1) is 6.92 Å². The molecule has 0 bridgehead atoms. The predicted octanol–water partition coefficient (Wildman–Crippen LogP) is 5.55. The van der Waals surface area contributed by atoms with Crippen LogP contribution in [0.15, 0.2) is 66.7 Å². The summed E-state index contributed by atoms with van der Waals surface area (Å²) in [6, 6.07) is 19.2. The molecule has 1 aliphatic heterocycles. The van der Waals surface area contributed by atoms with Gasteiger partial charge in [-0.25, -0.2) is 20.0 Å². The first-order chi connectivity index (χ1) is 16.2. The minimum atomic E-state index is -0.950. The van der Waals surface area contributed by atoms with E-state index in [1.165, 1.54) is 16.8 Å². The summed E-state index contributed by atoms with van der Waals surface area (Å²) in [5.74, 6) is 0. The topological polar surface area (TPSA) is 96.9 Å². The molecule has 8 nitrogen and oxygen atoms in total. The number of thiocarbonyl (C=S) groups is 1. The van der Waals surface area contributed by atoms with Crippen LogP contribution >= 0.6 is 24.0 Å². The summed E-state index contributed by atoms with van der Waals surface area (Å²) in [5.41, 5.74) is 4.90. The number of carbonyl (C=O) groups excluding carboxylic acids is 2. The molecule has 4 N–H and O–H groups in total. The molecular formula is C24H25N5O3S2. The normalized spacial score (nSPS) is 16.9. The smallest absolute Gasteiger partial charge is 0.306 e. The number of amides is 4. The molecule has 4 amide bonds. The maximum atomic E-state index is 12.9. The van der Waals surface area contributed by atoms with Gasteiger partial charge < -0.3 is 10.6 Å². The van der Waals surface area contributed by atoms with Gasteiger partial charge in [-0.05, 0) is 44.4 Å². The lowest BCUT2D eigenvalue weighted by atomic mass is 10.1. The number of fused-ring (bicyclic) bond motifs is 1. The zero-order valence-electron chi connectivity index (χ0n) is 18.9. The Hall–Kier alpha value is -3.34. The van der Waals surface area contributed by atoms with Crippen molar-refractivity contribution in [2.45, 2.75) is 31.7 Å². The first kappa shape index (κ1) is 23.8. The minimum absolute atomic E-state index is 0.324. The van der Waals surface area contributed by atoms with Gasteiger partial charge in [0.25, 0.3) is 0 Å². The fourth-order valence-corrected chi connectivity index (χ4v) is 5.57. The number of hydroxylamine groups is 2. The van der Waals surface area contributed by atoms with Crippen LogP contribution in [0.3, 0.4) is 0 Å². The number of anilines is 2. The van der Waals surface area contributed by atoms with E-state index >= 15 is 0 Å². The van der Waals surface area contributed by atoms with Gasteiger partial charge in [0.15, 0.2) is 10.5 Å². The second kappa shape index (κ2) is 9.49. The van der Waals surface area contributed by atoms with Crippen LogP contribution in [0.25, 0.3) is 10.8 Å². The number of rotatable bonds is 4. The van der Waals surface area contributed by atoms with Gasteiger partial charge in [-0.15, -0.1) is 0 Å². The SMILES string of the molecule is Cc1ccc(NC(=O)N(O)C2N(NC(=O)Nc3cccc4ccccc34)C(=S)SC2(C)C)cc1. The van der Waals surface area contributed by atoms with Gasteiger partial charge >= 0.3 is 12.1 Å². The number of hydrazine groups is 1. The second-order valence-electron chi connectivity index (χ2n) is 8.45. The van der Waals surface area contributed by atoms with Crippen LogP contribution in [-0.2, 0) is 0 Å². The van der Waals surface area contributed by atoms with E-state index in [9.17, 15) is 14.8 Å². The Morgan fingerprint density at radius 1 is 1.03 bits per heavy atom. The van der Waals surface area contributed by atoms with E-state index in [0.29, 0.717) is 20.8 Å². The molecule has 176 valence electrons. The van der Waals surface area contributed by atoms with Gasteiger partial charge in [-0.2, -0.15) is 5.06 Å². The van der Waals surface area contributed by atoms with Crippen molar-refractivity contribution in [3.8, 4) is 0 Å². The third-order valence-electron chi connectivity index (χ3n) is 5.42. The van der Waals surface area contributed by atoms with Gasteiger partial charge in [0.05, 0.1) is 10.4 Å². The summed E-state index contributed by atoms with van der Waals surface area (Å²) >= 11 is 6.73.